The van der Waals surface area contributed by atoms with Crippen molar-refractivity contribution >= 4 is 17.3 Å². The van der Waals surface area contributed by atoms with Gasteiger partial charge in [0.2, 0.25) is 5.91 Å². The van der Waals surface area contributed by atoms with E-state index in [9.17, 15) is 14.9 Å². The van der Waals surface area contributed by atoms with Gasteiger partial charge in [0.25, 0.3) is 5.69 Å². The van der Waals surface area contributed by atoms with Crippen LogP contribution in [0.2, 0.25) is 0 Å². The molecule has 0 spiro atoms. The molecule has 1 aromatic rings. The van der Waals surface area contributed by atoms with Crippen molar-refractivity contribution in [1.82, 2.24) is 5.32 Å². The molecule has 7 heteroatoms. The molecule has 20 heavy (non-hydrogen) atoms. The van der Waals surface area contributed by atoms with Crippen LogP contribution < -0.4 is 15.4 Å². The van der Waals surface area contributed by atoms with E-state index in [1.165, 1.54) is 19.1 Å². The lowest BCUT2D eigenvalue weighted by Crippen LogP contribution is -2.26. The summed E-state index contributed by atoms with van der Waals surface area (Å²) in [7, 11) is 0. The van der Waals surface area contributed by atoms with E-state index in [2.05, 4.69) is 10.6 Å². The monoisotopic (exact) mass is 281 g/mol. The molecule has 1 amide bonds. The first-order valence-electron chi connectivity index (χ1n) is 6.33. The van der Waals surface area contributed by atoms with E-state index >= 15 is 0 Å². The summed E-state index contributed by atoms with van der Waals surface area (Å²) in [6, 6.07) is 4.51. The fourth-order valence-corrected chi connectivity index (χ4v) is 1.58. The number of hydrogen-bond donors (Lipinski definition) is 2. The fourth-order valence-electron chi connectivity index (χ4n) is 1.58. The predicted octanol–water partition coefficient (Wildman–Crippen LogP) is 1.93. The molecular formula is C13H19N3O4. The second-order valence-corrected chi connectivity index (χ2v) is 4.55. The maximum atomic E-state index is 10.9. The first-order chi connectivity index (χ1) is 9.38. The van der Waals surface area contributed by atoms with E-state index in [-0.39, 0.29) is 17.7 Å². The standard InChI is InChI=1S/C13H19N3O4/c1-9(2)20-13-7-11(6-12(8-13)16(18)19)15-5-4-14-10(3)17/h6-9,15H,4-5H2,1-3H3,(H,14,17). The molecule has 0 aliphatic heterocycles. The topological polar surface area (TPSA) is 93.5 Å². The zero-order valence-corrected chi connectivity index (χ0v) is 11.8. The highest BCUT2D eigenvalue weighted by Gasteiger charge is 2.11. The Labute approximate surface area is 117 Å². The number of benzene rings is 1. The zero-order valence-electron chi connectivity index (χ0n) is 11.8. The molecule has 0 aliphatic rings. The van der Waals surface area contributed by atoms with Crippen molar-refractivity contribution in [2.45, 2.75) is 26.9 Å². The van der Waals surface area contributed by atoms with Crippen molar-refractivity contribution in [3.8, 4) is 5.75 Å². The van der Waals surface area contributed by atoms with Gasteiger partial charge in [0.15, 0.2) is 0 Å². The summed E-state index contributed by atoms with van der Waals surface area (Å²) < 4.78 is 5.48. The molecule has 0 radical (unpaired) electrons. The number of carbonyl (C=O) groups excluding carboxylic acids is 1. The van der Waals surface area contributed by atoms with Crippen molar-refractivity contribution in [3.63, 3.8) is 0 Å². The third-order valence-corrected chi connectivity index (χ3v) is 2.30. The summed E-state index contributed by atoms with van der Waals surface area (Å²) >= 11 is 0. The molecule has 0 saturated carbocycles. The van der Waals surface area contributed by atoms with E-state index in [1.54, 1.807) is 6.07 Å². The minimum atomic E-state index is -0.466. The van der Waals surface area contributed by atoms with Gasteiger partial charge in [-0.1, -0.05) is 0 Å². The lowest BCUT2D eigenvalue weighted by Gasteiger charge is -2.12. The van der Waals surface area contributed by atoms with Crippen LogP contribution in [0.25, 0.3) is 0 Å². The molecule has 1 rings (SSSR count). The molecule has 0 bridgehead atoms. The van der Waals surface area contributed by atoms with Crippen molar-refractivity contribution in [2.75, 3.05) is 18.4 Å². The SMILES string of the molecule is CC(=O)NCCNc1cc(OC(C)C)cc([N+](=O)[O-])c1. The fraction of sp³-hybridized carbons (Fsp3) is 0.462. The molecule has 0 fully saturated rings. The number of nitrogens with one attached hydrogen (secondary N) is 2. The third kappa shape index (κ3) is 5.55. The summed E-state index contributed by atoms with van der Waals surface area (Å²) in [6.07, 6.45) is -0.0655. The predicted molar refractivity (Wildman–Crippen MR) is 76.0 cm³/mol. The quantitative estimate of drug-likeness (QED) is 0.452. The molecule has 0 saturated heterocycles. The first kappa shape index (κ1) is 15.7. The Kier molecular flexibility index (Phi) is 5.76. The van der Waals surface area contributed by atoms with E-state index in [0.29, 0.717) is 24.5 Å². The number of non-ortho nitro benzene ring substituents is 1. The lowest BCUT2D eigenvalue weighted by molar-refractivity contribution is -0.384. The molecular weight excluding hydrogens is 262 g/mol. The number of ether oxygens (including phenoxy) is 1. The highest BCUT2D eigenvalue weighted by Crippen LogP contribution is 2.26. The second-order valence-electron chi connectivity index (χ2n) is 4.55. The van der Waals surface area contributed by atoms with E-state index in [0.717, 1.165) is 0 Å². The zero-order chi connectivity index (χ0) is 15.1. The Morgan fingerprint density at radius 1 is 1.35 bits per heavy atom. The smallest absolute Gasteiger partial charge is 0.275 e. The second kappa shape index (κ2) is 7.32. The first-order valence-corrected chi connectivity index (χ1v) is 6.33. The highest BCUT2D eigenvalue weighted by molar-refractivity contribution is 5.72. The van der Waals surface area contributed by atoms with Crippen LogP contribution in [-0.2, 0) is 4.79 Å². The van der Waals surface area contributed by atoms with Crippen LogP contribution in [0.15, 0.2) is 18.2 Å². The average molecular weight is 281 g/mol. The number of hydrogen-bond acceptors (Lipinski definition) is 5. The van der Waals surface area contributed by atoms with Crippen LogP contribution in [0.1, 0.15) is 20.8 Å². The summed E-state index contributed by atoms with van der Waals surface area (Å²) in [5, 5.41) is 16.5. The van der Waals surface area contributed by atoms with Gasteiger partial charge in [-0.05, 0) is 13.8 Å². The molecule has 0 heterocycles. The van der Waals surface area contributed by atoms with E-state index in [4.69, 9.17) is 4.74 Å². The molecule has 0 aliphatic carbocycles. The number of nitro benzene ring substituents is 1. The van der Waals surface area contributed by atoms with Gasteiger partial charge in [-0.25, -0.2) is 0 Å². The normalized spacial score (nSPS) is 10.2. The highest BCUT2D eigenvalue weighted by atomic mass is 16.6. The number of nitro groups is 1. The minimum absolute atomic E-state index is 0.0369. The molecule has 0 atom stereocenters. The molecule has 2 N–H and O–H groups in total. The van der Waals surface area contributed by atoms with Gasteiger partial charge in [0, 0.05) is 37.8 Å². The number of amides is 1. The summed E-state index contributed by atoms with van der Waals surface area (Å²) in [5.74, 6) is 0.325. The van der Waals surface area contributed by atoms with Crippen LogP contribution in [0, 0.1) is 10.1 Å². The van der Waals surface area contributed by atoms with E-state index < -0.39 is 4.92 Å². The summed E-state index contributed by atoms with van der Waals surface area (Å²) in [5.41, 5.74) is 0.547. The molecule has 0 unspecified atom stereocenters. The molecule has 0 aromatic heterocycles. The van der Waals surface area contributed by atoms with Gasteiger partial charge in [0.05, 0.1) is 17.1 Å². The van der Waals surface area contributed by atoms with Crippen LogP contribution >= 0.6 is 0 Å². The number of anilines is 1. The molecule has 7 nitrogen and oxygen atoms in total. The Morgan fingerprint density at radius 2 is 2.05 bits per heavy atom. The maximum Gasteiger partial charge on any atom is 0.275 e. The van der Waals surface area contributed by atoms with Crippen molar-refractivity contribution in [2.24, 2.45) is 0 Å². The van der Waals surface area contributed by atoms with Gasteiger partial charge >= 0.3 is 0 Å². The summed E-state index contributed by atoms with van der Waals surface area (Å²) in [6.45, 7) is 6.05. The number of carbonyl (C=O) groups is 1. The van der Waals surface area contributed by atoms with E-state index in [1.807, 2.05) is 13.8 Å². The average Bonchev–Trinajstić information content (AvgIpc) is 2.33. The van der Waals surface area contributed by atoms with Gasteiger partial charge in [-0.2, -0.15) is 0 Å². The lowest BCUT2D eigenvalue weighted by atomic mass is 10.2. The Morgan fingerprint density at radius 3 is 2.60 bits per heavy atom. The largest absolute Gasteiger partial charge is 0.491 e. The minimum Gasteiger partial charge on any atom is -0.491 e. The van der Waals surface area contributed by atoms with Crippen LogP contribution in [-0.4, -0.2) is 30.0 Å². The van der Waals surface area contributed by atoms with Crippen molar-refractivity contribution in [3.05, 3.63) is 28.3 Å². The van der Waals surface area contributed by atoms with Crippen LogP contribution in [0.3, 0.4) is 0 Å². The van der Waals surface area contributed by atoms with Crippen molar-refractivity contribution < 1.29 is 14.5 Å². The Balaban J connectivity index is 2.75. The Hall–Kier alpha value is -2.31. The molecule has 1 aromatic carbocycles. The van der Waals surface area contributed by atoms with Gasteiger partial charge < -0.3 is 15.4 Å². The molecule has 110 valence electrons. The van der Waals surface area contributed by atoms with Gasteiger partial charge in [-0.15, -0.1) is 0 Å². The summed E-state index contributed by atoms with van der Waals surface area (Å²) in [4.78, 5) is 21.1. The van der Waals surface area contributed by atoms with Crippen molar-refractivity contribution in [1.29, 1.82) is 0 Å². The van der Waals surface area contributed by atoms with Gasteiger partial charge in [0.1, 0.15) is 5.75 Å². The number of nitrogens with zero attached hydrogens (tertiary/aromatic N) is 1. The van der Waals surface area contributed by atoms with Crippen LogP contribution in [0.5, 0.6) is 5.75 Å². The Bertz CT molecular complexity index is 489. The maximum absolute atomic E-state index is 10.9. The number of rotatable bonds is 7. The van der Waals surface area contributed by atoms with Gasteiger partial charge in [-0.3, -0.25) is 14.9 Å². The van der Waals surface area contributed by atoms with Crippen LogP contribution in [0.4, 0.5) is 11.4 Å². The third-order valence-electron chi connectivity index (χ3n) is 2.30.